The molecule has 1 rings (SSSR count). The maximum atomic E-state index is 13.1. The first-order chi connectivity index (χ1) is 12.1. The summed E-state index contributed by atoms with van der Waals surface area (Å²) in [7, 11) is 0. The molecule has 1 amide bonds. The van der Waals surface area contributed by atoms with E-state index in [1.54, 1.807) is 19.9 Å². The van der Waals surface area contributed by atoms with Crippen LogP contribution in [0.1, 0.15) is 46.5 Å². The molecule has 8 heteroatoms. The van der Waals surface area contributed by atoms with Crippen LogP contribution in [0.4, 0.5) is 13.2 Å². The molecule has 0 fully saturated rings. The van der Waals surface area contributed by atoms with Crippen molar-refractivity contribution in [1.29, 1.82) is 5.26 Å². The van der Waals surface area contributed by atoms with E-state index < -0.39 is 29.2 Å². The first-order valence-corrected chi connectivity index (χ1v) is 8.75. The minimum Gasteiger partial charge on any atom is -0.330 e. The van der Waals surface area contributed by atoms with Crippen molar-refractivity contribution >= 4 is 12.2 Å². The number of amides is 1. The molecule has 0 spiro atoms. The largest absolute Gasteiger partial charge is 0.413 e. The minimum absolute atomic E-state index is 0.0904. The average molecular weight is 373 g/mol. The van der Waals surface area contributed by atoms with Crippen LogP contribution in [-0.4, -0.2) is 47.9 Å². The fourth-order valence-electron chi connectivity index (χ4n) is 2.93. The summed E-state index contributed by atoms with van der Waals surface area (Å²) in [5, 5.41) is 11.7. The second-order valence-corrected chi connectivity index (χ2v) is 7.04. The molecule has 0 aromatic rings. The number of aldehydes is 1. The van der Waals surface area contributed by atoms with Crippen molar-refractivity contribution in [2.45, 2.75) is 64.2 Å². The fraction of sp³-hybridized carbons (Fsp3) is 0.722. The van der Waals surface area contributed by atoms with E-state index in [0.717, 1.165) is 18.9 Å². The van der Waals surface area contributed by atoms with Crippen LogP contribution < -0.4 is 5.32 Å². The zero-order chi connectivity index (χ0) is 20.0. The van der Waals surface area contributed by atoms with Crippen molar-refractivity contribution in [1.82, 2.24) is 10.2 Å². The molecule has 0 aromatic heterocycles. The van der Waals surface area contributed by atoms with Gasteiger partial charge in [-0.3, -0.25) is 4.79 Å². The number of rotatable bonds is 8. The Kier molecular flexibility index (Phi) is 7.82. The lowest BCUT2D eigenvalue weighted by Gasteiger charge is -2.35. The first-order valence-electron chi connectivity index (χ1n) is 8.75. The molecule has 1 aliphatic rings. The number of hydrogen-bond acceptors (Lipinski definition) is 4. The van der Waals surface area contributed by atoms with Gasteiger partial charge in [0, 0.05) is 18.2 Å². The van der Waals surface area contributed by atoms with Crippen LogP contribution >= 0.6 is 0 Å². The van der Waals surface area contributed by atoms with Gasteiger partial charge in [-0.15, -0.1) is 0 Å². The molecule has 0 radical (unpaired) electrons. The van der Waals surface area contributed by atoms with Gasteiger partial charge in [-0.05, 0) is 33.1 Å². The Hall–Kier alpha value is -1.88. The molecule has 0 aromatic carbocycles. The third-order valence-corrected chi connectivity index (χ3v) is 4.54. The van der Waals surface area contributed by atoms with E-state index in [9.17, 15) is 22.8 Å². The second-order valence-electron chi connectivity index (χ2n) is 7.04. The number of nitrogens with zero attached hydrogens (tertiary/aromatic N) is 2. The van der Waals surface area contributed by atoms with Crippen LogP contribution in [0, 0.1) is 17.2 Å². The summed E-state index contributed by atoms with van der Waals surface area (Å²) < 4.78 is 39.2. The van der Waals surface area contributed by atoms with Gasteiger partial charge in [0.1, 0.15) is 6.29 Å². The van der Waals surface area contributed by atoms with Gasteiger partial charge in [-0.1, -0.05) is 19.4 Å². The van der Waals surface area contributed by atoms with Gasteiger partial charge in [-0.25, -0.2) is 0 Å². The van der Waals surface area contributed by atoms with Crippen LogP contribution in [0.2, 0.25) is 0 Å². The van der Waals surface area contributed by atoms with Gasteiger partial charge in [0.05, 0.1) is 24.1 Å². The van der Waals surface area contributed by atoms with Crippen LogP contribution in [0.25, 0.3) is 0 Å². The third kappa shape index (κ3) is 5.84. The number of halogens is 3. The summed E-state index contributed by atoms with van der Waals surface area (Å²) in [5.41, 5.74) is -1.83. The molecule has 0 saturated carbocycles. The molecule has 2 atom stereocenters. The number of nitriles is 1. The number of hydrogen-bond donors (Lipinski definition) is 1. The number of allylic oxidation sites excluding steroid dienone is 1. The summed E-state index contributed by atoms with van der Waals surface area (Å²) in [6.07, 6.45) is -0.843. The summed E-state index contributed by atoms with van der Waals surface area (Å²) in [6, 6.07) is 1.05. The van der Waals surface area contributed by atoms with Gasteiger partial charge < -0.3 is 15.0 Å². The van der Waals surface area contributed by atoms with Crippen molar-refractivity contribution in [2.24, 2.45) is 5.92 Å². The third-order valence-electron chi connectivity index (χ3n) is 4.54. The lowest BCUT2D eigenvalue weighted by atomic mass is 9.86. The average Bonchev–Trinajstić information content (AvgIpc) is 2.59. The SMILES string of the molecule is CCCCN(C(=O)CN[C@@H]1C=C(C(F)(F)F)C(C#N)CC1)C(C)(C)C=O. The lowest BCUT2D eigenvalue weighted by Crippen LogP contribution is -2.53. The van der Waals surface area contributed by atoms with E-state index in [0.29, 0.717) is 19.3 Å². The van der Waals surface area contributed by atoms with Gasteiger partial charge in [0.2, 0.25) is 5.91 Å². The highest BCUT2D eigenvalue weighted by atomic mass is 19.4. The molecular weight excluding hydrogens is 347 g/mol. The van der Waals surface area contributed by atoms with E-state index in [1.165, 1.54) is 4.90 Å². The summed E-state index contributed by atoms with van der Waals surface area (Å²) in [6.45, 7) is 5.48. The summed E-state index contributed by atoms with van der Waals surface area (Å²) >= 11 is 0. The minimum atomic E-state index is -4.56. The van der Waals surface area contributed by atoms with Gasteiger partial charge in [0.25, 0.3) is 0 Å². The van der Waals surface area contributed by atoms with Crippen molar-refractivity contribution in [2.75, 3.05) is 13.1 Å². The van der Waals surface area contributed by atoms with Crippen LogP contribution in [0.3, 0.4) is 0 Å². The van der Waals surface area contributed by atoms with Crippen molar-refractivity contribution in [3.05, 3.63) is 11.6 Å². The Balaban J connectivity index is 2.81. The smallest absolute Gasteiger partial charge is 0.330 e. The Morgan fingerprint density at radius 3 is 2.58 bits per heavy atom. The first kappa shape index (κ1) is 22.2. The maximum absolute atomic E-state index is 13.1. The molecule has 1 N–H and O–H groups in total. The van der Waals surface area contributed by atoms with Crippen molar-refractivity contribution < 1.29 is 22.8 Å². The molecule has 0 saturated heterocycles. The quantitative estimate of drug-likeness (QED) is 0.524. The molecule has 0 heterocycles. The Labute approximate surface area is 152 Å². The molecule has 26 heavy (non-hydrogen) atoms. The monoisotopic (exact) mass is 373 g/mol. The van der Waals surface area contributed by atoms with Gasteiger partial charge in [-0.2, -0.15) is 18.4 Å². The van der Waals surface area contributed by atoms with Crippen LogP contribution in [0.15, 0.2) is 11.6 Å². The van der Waals surface area contributed by atoms with Crippen LogP contribution in [-0.2, 0) is 9.59 Å². The highest BCUT2D eigenvalue weighted by Gasteiger charge is 2.41. The highest BCUT2D eigenvalue weighted by molar-refractivity contribution is 5.83. The molecule has 5 nitrogen and oxygen atoms in total. The van der Waals surface area contributed by atoms with Crippen molar-refractivity contribution in [3.63, 3.8) is 0 Å². The molecule has 0 aliphatic heterocycles. The zero-order valence-corrected chi connectivity index (χ0v) is 15.4. The second kappa shape index (κ2) is 9.17. The zero-order valence-electron chi connectivity index (χ0n) is 15.4. The molecule has 146 valence electrons. The number of unbranched alkanes of at least 4 members (excludes halogenated alkanes) is 1. The van der Waals surface area contributed by atoms with E-state index in [1.807, 2.05) is 6.92 Å². The van der Waals surface area contributed by atoms with Gasteiger partial charge in [0.15, 0.2) is 0 Å². The maximum Gasteiger partial charge on any atom is 0.413 e. The molecule has 1 aliphatic carbocycles. The fourth-order valence-corrected chi connectivity index (χ4v) is 2.93. The van der Waals surface area contributed by atoms with E-state index in [4.69, 9.17) is 5.26 Å². The number of nitrogens with one attached hydrogen (secondary N) is 1. The predicted octanol–water partition coefficient (Wildman–Crippen LogP) is 2.97. The number of carbonyl (C=O) groups is 2. The predicted molar refractivity (Wildman–Crippen MR) is 91.0 cm³/mol. The number of alkyl halides is 3. The highest BCUT2D eigenvalue weighted by Crippen LogP contribution is 2.37. The Morgan fingerprint density at radius 1 is 1.42 bits per heavy atom. The Morgan fingerprint density at radius 2 is 2.08 bits per heavy atom. The molecule has 1 unspecified atom stereocenters. The summed E-state index contributed by atoms with van der Waals surface area (Å²) in [4.78, 5) is 25.2. The molecular formula is C18H26F3N3O2. The topological polar surface area (TPSA) is 73.2 Å². The lowest BCUT2D eigenvalue weighted by molar-refractivity contribution is -0.139. The van der Waals surface area contributed by atoms with E-state index in [2.05, 4.69) is 5.32 Å². The Bertz CT molecular complexity index is 579. The standard InChI is InChI=1S/C18H26F3N3O2/c1-4-5-8-24(17(2,3)12-25)16(26)11-23-14-7-6-13(10-22)15(9-14)18(19,20)21/h9,12-14,23H,4-8,11H2,1-3H3/t13?,14-/m0/s1. The van der Waals surface area contributed by atoms with E-state index >= 15 is 0 Å². The van der Waals surface area contributed by atoms with Gasteiger partial charge >= 0.3 is 6.18 Å². The van der Waals surface area contributed by atoms with Crippen molar-refractivity contribution in [3.8, 4) is 6.07 Å². The molecule has 0 bridgehead atoms. The normalized spacial score (nSPS) is 20.9. The number of carbonyl (C=O) groups excluding carboxylic acids is 2. The van der Waals surface area contributed by atoms with E-state index in [-0.39, 0.29) is 18.9 Å². The van der Waals surface area contributed by atoms with Crippen LogP contribution in [0.5, 0.6) is 0 Å². The summed E-state index contributed by atoms with van der Waals surface area (Å²) in [5.74, 6) is -1.50.